The Morgan fingerprint density at radius 2 is 1.80 bits per heavy atom. The predicted octanol–water partition coefficient (Wildman–Crippen LogP) is 4.14. The van der Waals surface area contributed by atoms with Crippen molar-refractivity contribution >= 4 is 40.7 Å². The predicted molar refractivity (Wildman–Crippen MR) is 134 cm³/mol. The van der Waals surface area contributed by atoms with Crippen molar-refractivity contribution in [1.29, 1.82) is 0 Å². The molecule has 0 radical (unpaired) electrons. The number of methoxy groups -OCH3 is 2. The van der Waals surface area contributed by atoms with Crippen LogP contribution in [0.2, 0.25) is 0 Å². The average molecular weight is 498 g/mol. The number of rotatable bonds is 10. The number of carbonyl (C=O) groups is 3. The highest BCUT2D eigenvalue weighted by molar-refractivity contribution is 8.14. The average Bonchev–Trinajstić information content (AvgIpc) is 2.86. The minimum absolute atomic E-state index is 0.00445. The first kappa shape index (κ1) is 26.0. The van der Waals surface area contributed by atoms with Crippen molar-refractivity contribution in [2.45, 2.75) is 24.5 Å². The molecule has 2 aromatic rings. The second kappa shape index (κ2) is 12.2. The smallest absolute Gasteiger partial charge is 0.172 e. The lowest BCUT2D eigenvalue weighted by Gasteiger charge is -2.28. The number of ketones is 2. The molecule has 1 aliphatic heterocycles. The molecule has 0 spiro atoms. The third kappa shape index (κ3) is 6.51. The number of nitrogens with zero attached hydrogens (tertiary/aromatic N) is 1. The van der Waals surface area contributed by atoms with Gasteiger partial charge in [0.2, 0.25) is 0 Å². The number of ether oxygens (including phenoxy) is 2. The summed E-state index contributed by atoms with van der Waals surface area (Å²) in [7, 11) is 2.88. The fourth-order valence-electron chi connectivity index (χ4n) is 3.62. The molecule has 2 aromatic carbocycles. The summed E-state index contributed by atoms with van der Waals surface area (Å²) in [5, 5.41) is 19.8. The zero-order valence-electron chi connectivity index (χ0n) is 19.5. The lowest BCUT2D eigenvalue weighted by Crippen LogP contribution is -2.34. The Morgan fingerprint density at radius 3 is 2.49 bits per heavy atom. The number of phenols is 2. The van der Waals surface area contributed by atoms with Crippen LogP contribution in [0.1, 0.15) is 35.6 Å². The van der Waals surface area contributed by atoms with Crippen LogP contribution in [0.5, 0.6) is 23.0 Å². The van der Waals surface area contributed by atoms with Crippen LogP contribution in [0.15, 0.2) is 47.5 Å². The summed E-state index contributed by atoms with van der Waals surface area (Å²) >= 11 is 1.33. The number of hydrogen-bond acceptors (Lipinski definition) is 9. The van der Waals surface area contributed by atoms with Crippen LogP contribution < -0.4 is 9.47 Å². The lowest BCUT2D eigenvalue weighted by molar-refractivity contribution is -0.127. The molecular weight excluding hydrogens is 470 g/mol. The number of aliphatic imine (C=N–C) groups is 1. The van der Waals surface area contributed by atoms with Crippen molar-refractivity contribution < 1.29 is 34.1 Å². The van der Waals surface area contributed by atoms with E-state index >= 15 is 0 Å². The first-order chi connectivity index (χ1) is 16.9. The van der Waals surface area contributed by atoms with E-state index in [-0.39, 0.29) is 34.7 Å². The van der Waals surface area contributed by atoms with Crippen LogP contribution in [0.4, 0.5) is 0 Å². The van der Waals surface area contributed by atoms with Gasteiger partial charge in [-0.2, -0.15) is 0 Å². The van der Waals surface area contributed by atoms with E-state index in [2.05, 4.69) is 4.99 Å². The Labute approximate surface area is 207 Å². The maximum absolute atomic E-state index is 13.2. The molecule has 2 N–H and O–H groups in total. The van der Waals surface area contributed by atoms with Crippen molar-refractivity contribution in [2.75, 3.05) is 20.8 Å². The highest BCUT2D eigenvalue weighted by Gasteiger charge is 2.39. The lowest BCUT2D eigenvalue weighted by atomic mass is 9.93. The molecule has 3 rings (SSSR count). The molecular formula is C26H27NO7S. The Balaban J connectivity index is 1.85. The molecule has 2 atom stereocenters. The summed E-state index contributed by atoms with van der Waals surface area (Å²) in [4.78, 5) is 41.4. The number of carbonyl (C=O) groups excluding carboxylic acids is 3. The summed E-state index contributed by atoms with van der Waals surface area (Å²) in [6.07, 6.45) is 4.67. The number of aldehydes is 1. The van der Waals surface area contributed by atoms with Gasteiger partial charge in [0.15, 0.2) is 34.6 Å². The van der Waals surface area contributed by atoms with Gasteiger partial charge in [0.1, 0.15) is 12.2 Å². The number of unbranched alkanes of at least 4 members (excludes halogenated alkanes) is 1. The minimum atomic E-state index is -1.03. The molecule has 1 heterocycles. The second-order valence-electron chi connectivity index (χ2n) is 7.84. The Hall–Kier alpha value is -3.59. The maximum atomic E-state index is 13.2. The quantitative estimate of drug-likeness (QED) is 0.217. The summed E-state index contributed by atoms with van der Waals surface area (Å²) < 4.78 is 10.3. The fourth-order valence-corrected chi connectivity index (χ4v) is 4.99. The first-order valence-corrected chi connectivity index (χ1v) is 11.9. The number of hydrogen-bond donors (Lipinski definition) is 2. The standard InChI is InChI=1S/C26H27NO7S/c1-33-22-13-16(5-8-18(22)29)6-9-20(31)25-21(32)15-24(35-26(25)27-11-3-4-12-28)17-7-10-19(30)23(14-17)34-2/h5-10,12-14,24-25,29-30H,3-4,11,15H2,1-2H3/b9-6-,27-26?. The van der Waals surface area contributed by atoms with E-state index in [1.165, 1.54) is 44.2 Å². The second-order valence-corrected chi connectivity index (χ2v) is 9.06. The first-order valence-electron chi connectivity index (χ1n) is 11.0. The van der Waals surface area contributed by atoms with Gasteiger partial charge in [-0.15, -0.1) is 11.8 Å². The van der Waals surface area contributed by atoms with E-state index in [1.807, 2.05) is 0 Å². The summed E-state index contributed by atoms with van der Waals surface area (Å²) in [6, 6.07) is 9.56. The van der Waals surface area contributed by atoms with Gasteiger partial charge >= 0.3 is 0 Å². The van der Waals surface area contributed by atoms with E-state index < -0.39 is 11.7 Å². The molecule has 8 nitrogen and oxygen atoms in total. The minimum Gasteiger partial charge on any atom is -0.504 e. The van der Waals surface area contributed by atoms with Crippen LogP contribution >= 0.6 is 11.8 Å². The summed E-state index contributed by atoms with van der Waals surface area (Å²) in [6.45, 7) is 0.322. The van der Waals surface area contributed by atoms with Crippen LogP contribution in [0.25, 0.3) is 6.08 Å². The topological polar surface area (TPSA) is 122 Å². The van der Waals surface area contributed by atoms with Crippen molar-refractivity contribution in [3.8, 4) is 23.0 Å². The third-order valence-corrected chi connectivity index (χ3v) is 6.80. The van der Waals surface area contributed by atoms with Crippen LogP contribution in [-0.4, -0.2) is 53.9 Å². The zero-order valence-corrected chi connectivity index (χ0v) is 20.3. The van der Waals surface area contributed by atoms with Gasteiger partial charge in [0.05, 0.1) is 19.3 Å². The number of allylic oxidation sites excluding steroid dienone is 1. The Morgan fingerprint density at radius 1 is 1.11 bits per heavy atom. The number of aromatic hydroxyl groups is 2. The fraction of sp³-hybridized carbons (Fsp3) is 0.308. The molecule has 0 amide bonds. The zero-order chi connectivity index (χ0) is 25.4. The summed E-state index contributed by atoms with van der Waals surface area (Å²) in [5.74, 6) is -1.13. The van der Waals surface area contributed by atoms with Gasteiger partial charge in [-0.1, -0.05) is 18.2 Å². The molecule has 0 bridgehead atoms. The van der Waals surface area contributed by atoms with Crippen molar-refractivity contribution in [3.05, 3.63) is 53.6 Å². The van der Waals surface area contributed by atoms with Gasteiger partial charge in [-0.05, 0) is 47.9 Å². The van der Waals surface area contributed by atoms with Gasteiger partial charge in [-0.3, -0.25) is 14.6 Å². The molecule has 2 unspecified atom stereocenters. The number of benzene rings is 2. The molecule has 0 saturated carbocycles. The van der Waals surface area contributed by atoms with E-state index in [4.69, 9.17) is 9.47 Å². The highest BCUT2D eigenvalue weighted by Crippen LogP contribution is 2.43. The van der Waals surface area contributed by atoms with Crippen molar-refractivity contribution in [3.63, 3.8) is 0 Å². The largest absolute Gasteiger partial charge is 0.504 e. The molecule has 35 heavy (non-hydrogen) atoms. The van der Waals surface area contributed by atoms with Gasteiger partial charge in [0, 0.05) is 24.6 Å². The molecule has 1 saturated heterocycles. The van der Waals surface area contributed by atoms with Crippen molar-refractivity contribution in [1.82, 2.24) is 0 Å². The SMILES string of the molecule is COc1cc(/C=C\C(=O)C2C(=O)CC(c3ccc(O)c(OC)c3)SC2=NCCCC=O)ccc1O. The van der Waals surface area contributed by atoms with Gasteiger partial charge in [-0.25, -0.2) is 0 Å². The molecule has 0 aliphatic carbocycles. The number of thioether (sulfide) groups is 1. The molecule has 1 fully saturated rings. The van der Waals surface area contributed by atoms with E-state index in [0.717, 1.165) is 11.8 Å². The maximum Gasteiger partial charge on any atom is 0.172 e. The van der Waals surface area contributed by atoms with E-state index in [0.29, 0.717) is 35.7 Å². The molecule has 0 aromatic heterocycles. The van der Waals surface area contributed by atoms with Gasteiger partial charge < -0.3 is 24.5 Å². The monoisotopic (exact) mass is 497 g/mol. The summed E-state index contributed by atoms with van der Waals surface area (Å²) in [5.41, 5.74) is 1.40. The molecule has 1 aliphatic rings. The third-order valence-electron chi connectivity index (χ3n) is 5.47. The van der Waals surface area contributed by atoms with Crippen LogP contribution in [0, 0.1) is 5.92 Å². The van der Waals surface area contributed by atoms with Gasteiger partial charge in [0.25, 0.3) is 0 Å². The van der Waals surface area contributed by atoms with Crippen LogP contribution in [-0.2, 0) is 14.4 Å². The normalized spacial score (nSPS) is 19.1. The number of phenolic OH excluding ortho intramolecular Hbond substituents is 2. The number of Topliss-reactive ketones (excluding diaryl/α,β-unsaturated/α-hetero) is 1. The highest BCUT2D eigenvalue weighted by atomic mass is 32.2. The van der Waals surface area contributed by atoms with Crippen molar-refractivity contribution in [2.24, 2.45) is 10.9 Å². The van der Waals surface area contributed by atoms with E-state index in [1.54, 1.807) is 30.3 Å². The molecule has 184 valence electrons. The Kier molecular flexibility index (Phi) is 9.08. The Bertz CT molecular complexity index is 1160. The van der Waals surface area contributed by atoms with E-state index in [9.17, 15) is 24.6 Å². The molecule has 9 heteroatoms. The van der Waals surface area contributed by atoms with Crippen LogP contribution in [0.3, 0.4) is 0 Å².